The Morgan fingerprint density at radius 3 is 2.68 bits per heavy atom. The smallest absolute Gasteiger partial charge is 0.257 e. The standard InChI is InChI=1S/C14H13FN2O2/c1-9-7-10(15)3-5-12(9)14(18)17-13-6-4-11(19-2)8-16-13/h3-8H,1-2H3,(H,16,17,18). The summed E-state index contributed by atoms with van der Waals surface area (Å²) < 4.78 is 17.9. The first kappa shape index (κ1) is 13.0. The van der Waals surface area contributed by atoms with E-state index in [-0.39, 0.29) is 11.7 Å². The van der Waals surface area contributed by atoms with Crippen LogP contribution in [0.25, 0.3) is 0 Å². The molecule has 0 radical (unpaired) electrons. The van der Waals surface area contributed by atoms with Gasteiger partial charge in [0.2, 0.25) is 0 Å². The minimum absolute atomic E-state index is 0.324. The van der Waals surface area contributed by atoms with Crippen LogP contribution in [0.4, 0.5) is 10.2 Å². The number of methoxy groups -OCH3 is 1. The van der Waals surface area contributed by atoms with Crippen molar-refractivity contribution in [2.75, 3.05) is 12.4 Å². The third-order valence-electron chi connectivity index (χ3n) is 2.65. The summed E-state index contributed by atoms with van der Waals surface area (Å²) in [5.41, 5.74) is 0.991. The number of carbonyl (C=O) groups is 1. The van der Waals surface area contributed by atoms with Crippen LogP contribution in [0.1, 0.15) is 15.9 Å². The molecule has 98 valence electrons. The van der Waals surface area contributed by atoms with Crippen LogP contribution in [-0.2, 0) is 0 Å². The van der Waals surface area contributed by atoms with E-state index in [0.29, 0.717) is 22.7 Å². The summed E-state index contributed by atoms with van der Waals surface area (Å²) in [6.45, 7) is 1.68. The number of halogens is 1. The highest BCUT2D eigenvalue weighted by molar-refractivity contribution is 6.04. The molecule has 1 aromatic carbocycles. The quantitative estimate of drug-likeness (QED) is 0.923. The molecule has 0 fully saturated rings. The monoisotopic (exact) mass is 260 g/mol. The van der Waals surface area contributed by atoms with Gasteiger partial charge >= 0.3 is 0 Å². The van der Waals surface area contributed by atoms with Crippen LogP contribution < -0.4 is 10.1 Å². The van der Waals surface area contributed by atoms with Crippen LogP contribution in [0.2, 0.25) is 0 Å². The average molecular weight is 260 g/mol. The van der Waals surface area contributed by atoms with Crippen LogP contribution >= 0.6 is 0 Å². The number of benzene rings is 1. The molecule has 4 nitrogen and oxygen atoms in total. The molecule has 2 rings (SSSR count). The maximum atomic E-state index is 13.0. The summed E-state index contributed by atoms with van der Waals surface area (Å²) in [5.74, 6) is 0.331. The van der Waals surface area contributed by atoms with Gasteiger partial charge in [-0.05, 0) is 42.8 Å². The molecule has 0 aliphatic rings. The lowest BCUT2D eigenvalue weighted by atomic mass is 10.1. The predicted octanol–water partition coefficient (Wildman–Crippen LogP) is 2.79. The molecule has 19 heavy (non-hydrogen) atoms. The Balaban J connectivity index is 2.15. The van der Waals surface area contributed by atoms with E-state index in [4.69, 9.17) is 4.74 Å². The molecular weight excluding hydrogens is 247 g/mol. The molecule has 0 unspecified atom stereocenters. The second kappa shape index (κ2) is 5.48. The van der Waals surface area contributed by atoms with E-state index in [2.05, 4.69) is 10.3 Å². The zero-order valence-electron chi connectivity index (χ0n) is 10.6. The second-order valence-electron chi connectivity index (χ2n) is 4.00. The number of carbonyl (C=O) groups excluding carboxylic acids is 1. The minimum atomic E-state index is -0.364. The molecule has 0 saturated carbocycles. The normalized spacial score (nSPS) is 10.1. The fraction of sp³-hybridized carbons (Fsp3) is 0.143. The molecule has 2 aromatic rings. The van der Waals surface area contributed by atoms with E-state index in [1.54, 1.807) is 19.1 Å². The van der Waals surface area contributed by atoms with Crippen LogP contribution in [-0.4, -0.2) is 18.0 Å². The number of anilines is 1. The third kappa shape index (κ3) is 3.07. The van der Waals surface area contributed by atoms with Gasteiger partial charge in [-0.3, -0.25) is 4.79 Å². The van der Waals surface area contributed by atoms with Crippen molar-refractivity contribution in [3.63, 3.8) is 0 Å². The first-order valence-corrected chi connectivity index (χ1v) is 5.67. The highest BCUT2D eigenvalue weighted by Crippen LogP contribution is 2.14. The fourth-order valence-electron chi connectivity index (χ4n) is 1.64. The number of aromatic nitrogens is 1. The van der Waals surface area contributed by atoms with Gasteiger partial charge in [0.1, 0.15) is 17.4 Å². The molecule has 0 bridgehead atoms. The highest BCUT2D eigenvalue weighted by Gasteiger charge is 2.10. The Kier molecular flexibility index (Phi) is 3.75. The summed E-state index contributed by atoms with van der Waals surface area (Å²) in [7, 11) is 1.54. The molecule has 0 atom stereocenters. The van der Waals surface area contributed by atoms with Crippen molar-refractivity contribution < 1.29 is 13.9 Å². The lowest BCUT2D eigenvalue weighted by Crippen LogP contribution is -2.14. The van der Waals surface area contributed by atoms with E-state index < -0.39 is 0 Å². The maximum Gasteiger partial charge on any atom is 0.257 e. The lowest BCUT2D eigenvalue weighted by Gasteiger charge is -2.07. The molecule has 1 N–H and O–H groups in total. The molecule has 1 heterocycles. The molecule has 0 aliphatic carbocycles. The van der Waals surface area contributed by atoms with Crippen molar-refractivity contribution in [2.24, 2.45) is 0 Å². The summed E-state index contributed by atoms with van der Waals surface area (Å²) in [6, 6.07) is 7.35. The van der Waals surface area contributed by atoms with Gasteiger partial charge in [0, 0.05) is 5.56 Å². The average Bonchev–Trinajstić information content (AvgIpc) is 2.39. The Morgan fingerprint density at radius 2 is 2.11 bits per heavy atom. The van der Waals surface area contributed by atoms with Gasteiger partial charge in [0.25, 0.3) is 5.91 Å². The lowest BCUT2D eigenvalue weighted by molar-refractivity contribution is 0.102. The predicted molar refractivity (Wildman–Crippen MR) is 69.9 cm³/mol. The Labute approximate surface area is 110 Å². The van der Waals surface area contributed by atoms with Crippen molar-refractivity contribution in [2.45, 2.75) is 6.92 Å². The minimum Gasteiger partial charge on any atom is -0.495 e. The van der Waals surface area contributed by atoms with Crippen molar-refractivity contribution in [1.29, 1.82) is 0 Å². The highest BCUT2D eigenvalue weighted by atomic mass is 19.1. The Bertz CT molecular complexity index is 597. The van der Waals surface area contributed by atoms with Gasteiger partial charge in [-0.2, -0.15) is 0 Å². The topological polar surface area (TPSA) is 51.2 Å². The van der Waals surface area contributed by atoms with E-state index >= 15 is 0 Å². The van der Waals surface area contributed by atoms with Gasteiger partial charge in [0.05, 0.1) is 13.3 Å². The summed E-state index contributed by atoms with van der Waals surface area (Å²) >= 11 is 0. The molecule has 1 aromatic heterocycles. The van der Waals surface area contributed by atoms with E-state index in [1.807, 2.05) is 0 Å². The van der Waals surface area contributed by atoms with Crippen LogP contribution in [0.15, 0.2) is 36.5 Å². The second-order valence-corrected chi connectivity index (χ2v) is 4.00. The zero-order chi connectivity index (χ0) is 13.8. The summed E-state index contributed by atoms with van der Waals surface area (Å²) in [5, 5.41) is 2.64. The molecule has 5 heteroatoms. The number of hydrogen-bond donors (Lipinski definition) is 1. The van der Waals surface area contributed by atoms with Crippen LogP contribution in [0.5, 0.6) is 5.75 Å². The fourth-order valence-corrected chi connectivity index (χ4v) is 1.64. The zero-order valence-corrected chi connectivity index (χ0v) is 10.6. The number of hydrogen-bond acceptors (Lipinski definition) is 3. The number of pyridine rings is 1. The van der Waals surface area contributed by atoms with Crippen LogP contribution in [0.3, 0.4) is 0 Å². The maximum absolute atomic E-state index is 13.0. The SMILES string of the molecule is COc1ccc(NC(=O)c2ccc(F)cc2C)nc1. The van der Waals surface area contributed by atoms with Crippen molar-refractivity contribution >= 4 is 11.7 Å². The summed E-state index contributed by atoms with van der Waals surface area (Å²) in [6.07, 6.45) is 1.51. The largest absolute Gasteiger partial charge is 0.495 e. The van der Waals surface area contributed by atoms with Crippen molar-refractivity contribution in [1.82, 2.24) is 4.98 Å². The van der Waals surface area contributed by atoms with Gasteiger partial charge < -0.3 is 10.1 Å². The number of nitrogens with zero attached hydrogens (tertiary/aromatic N) is 1. The van der Waals surface area contributed by atoms with Crippen LogP contribution in [0, 0.1) is 12.7 Å². The summed E-state index contributed by atoms with van der Waals surface area (Å²) in [4.78, 5) is 16.0. The Morgan fingerprint density at radius 1 is 1.32 bits per heavy atom. The van der Waals surface area contributed by atoms with Gasteiger partial charge in [-0.25, -0.2) is 9.37 Å². The van der Waals surface area contributed by atoms with E-state index in [1.165, 1.54) is 31.5 Å². The van der Waals surface area contributed by atoms with E-state index in [0.717, 1.165) is 0 Å². The Hall–Kier alpha value is -2.43. The van der Waals surface area contributed by atoms with Gasteiger partial charge in [0.15, 0.2) is 0 Å². The molecule has 0 saturated heterocycles. The third-order valence-corrected chi connectivity index (χ3v) is 2.65. The molecule has 0 aliphatic heterocycles. The first-order chi connectivity index (χ1) is 9.10. The molecular formula is C14H13FN2O2. The van der Waals surface area contributed by atoms with Crippen molar-refractivity contribution in [3.8, 4) is 5.75 Å². The number of rotatable bonds is 3. The number of aryl methyl sites for hydroxylation is 1. The number of ether oxygens (including phenoxy) is 1. The van der Waals surface area contributed by atoms with E-state index in [9.17, 15) is 9.18 Å². The number of amides is 1. The molecule has 0 spiro atoms. The molecule has 1 amide bonds. The number of nitrogens with one attached hydrogen (secondary N) is 1. The van der Waals surface area contributed by atoms with Gasteiger partial charge in [-0.15, -0.1) is 0 Å². The van der Waals surface area contributed by atoms with Gasteiger partial charge in [-0.1, -0.05) is 0 Å². The van der Waals surface area contributed by atoms with Crippen molar-refractivity contribution in [3.05, 3.63) is 53.5 Å². The first-order valence-electron chi connectivity index (χ1n) is 5.67.